The molecule has 0 aliphatic rings. The number of benzene rings is 1. The van der Waals surface area contributed by atoms with E-state index in [-0.39, 0.29) is 5.56 Å². The molecule has 0 fully saturated rings. The van der Waals surface area contributed by atoms with Crippen molar-refractivity contribution in [2.24, 2.45) is 0 Å². The summed E-state index contributed by atoms with van der Waals surface area (Å²) in [6, 6.07) is 4.37. The summed E-state index contributed by atoms with van der Waals surface area (Å²) in [4.78, 5) is 10.7. The maximum atomic E-state index is 13.8. The molecular formula is C11H12BrFO3. The Labute approximate surface area is 101 Å². The molecule has 1 aromatic rings. The van der Waals surface area contributed by atoms with E-state index in [2.05, 4.69) is 15.9 Å². The number of aliphatic carboxylic acids is 1. The molecule has 1 N–H and O–H groups in total. The van der Waals surface area contributed by atoms with Gasteiger partial charge in [-0.2, -0.15) is 0 Å². The molecule has 0 bridgehead atoms. The predicted molar refractivity (Wildman–Crippen MR) is 61.4 cm³/mol. The van der Waals surface area contributed by atoms with Crippen LogP contribution in [0.2, 0.25) is 0 Å². The van der Waals surface area contributed by atoms with Gasteiger partial charge >= 0.3 is 5.97 Å². The van der Waals surface area contributed by atoms with Crippen molar-refractivity contribution >= 4 is 21.9 Å². The Hall–Kier alpha value is -1.10. The highest BCUT2D eigenvalue weighted by Crippen LogP contribution is 2.32. The van der Waals surface area contributed by atoms with Gasteiger partial charge in [0.05, 0.1) is 11.1 Å². The van der Waals surface area contributed by atoms with E-state index in [1.54, 1.807) is 6.07 Å². The Balaban J connectivity index is 3.10. The number of carbonyl (C=O) groups is 1. The van der Waals surface area contributed by atoms with E-state index >= 15 is 0 Å². The lowest BCUT2D eigenvalue weighted by Crippen LogP contribution is -2.26. The minimum atomic E-state index is -2.40. The van der Waals surface area contributed by atoms with Crippen LogP contribution in [-0.4, -0.2) is 17.7 Å². The van der Waals surface area contributed by atoms with Crippen LogP contribution in [0.4, 0.5) is 4.39 Å². The van der Waals surface area contributed by atoms with Gasteiger partial charge in [-0.3, -0.25) is 0 Å². The van der Waals surface area contributed by atoms with Crippen LogP contribution in [0.25, 0.3) is 0 Å². The van der Waals surface area contributed by atoms with Gasteiger partial charge in [0, 0.05) is 5.56 Å². The number of hydrogen-bond acceptors (Lipinski definition) is 2. The molecule has 0 aliphatic heterocycles. The monoisotopic (exact) mass is 290 g/mol. The smallest absolute Gasteiger partial charge is 0.345 e. The van der Waals surface area contributed by atoms with E-state index in [9.17, 15) is 9.18 Å². The number of carboxylic acids is 1. The van der Waals surface area contributed by atoms with Crippen molar-refractivity contribution in [2.45, 2.75) is 19.5 Å². The molecule has 0 aliphatic carbocycles. The normalized spacial score (nSPS) is 14.2. The zero-order valence-electron chi connectivity index (χ0n) is 8.96. The molecule has 1 rings (SSSR count). The first kappa shape index (κ1) is 13.0. The van der Waals surface area contributed by atoms with E-state index in [0.717, 1.165) is 6.92 Å². The minimum absolute atomic E-state index is 0.0790. The number of ether oxygens (including phenoxy) is 1. The van der Waals surface area contributed by atoms with Crippen LogP contribution >= 0.6 is 15.9 Å². The van der Waals surface area contributed by atoms with Crippen LogP contribution in [0, 0.1) is 0 Å². The minimum Gasteiger partial charge on any atom is -0.493 e. The number of carboxylic acid groups (broad SMARTS) is 1. The summed E-state index contributed by atoms with van der Waals surface area (Å²) in [5.74, 6) is -0.948. The van der Waals surface area contributed by atoms with Crippen LogP contribution < -0.4 is 4.74 Å². The van der Waals surface area contributed by atoms with Crippen molar-refractivity contribution in [3.63, 3.8) is 0 Å². The van der Waals surface area contributed by atoms with Crippen molar-refractivity contribution in [1.82, 2.24) is 0 Å². The fourth-order valence-electron chi connectivity index (χ4n) is 1.19. The Bertz CT molecular complexity index is 404. The molecule has 1 aromatic carbocycles. The van der Waals surface area contributed by atoms with Crippen molar-refractivity contribution in [2.75, 3.05) is 6.61 Å². The van der Waals surface area contributed by atoms with Crippen LogP contribution in [0.1, 0.15) is 19.4 Å². The maximum Gasteiger partial charge on any atom is 0.345 e. The van der Waals surface area contributed by atoms with Gasteiger partial charge in [0.25, 0.3) is 0 Å². The molecule has 3 nitrogen and oxygen atoms in total. The molecule has 0 saturated heterocycles. The van der Waals surface area contributed by atoms with Gasteiger partial charge in [-0.25, -0.2) is 9.18 Å². The largest absolute Gasteiger partial charge is 0.493 e. The predicted octanol–water partition coefficient (Wildman–Crippen LogP) is 3.12. The van der Waals surface area contributed by atoms with Crippen molar-refractivity contribution < 1.29 is 19.0 Å². The molecule has 1 unspecified atom stereocenters. The standard InChI is InChI=1S/C11H12BrFO3/c1-3-16-9-5-4-7(6-8(9)12)11(2,13)10(14)15/h4-6H,3H2,1-2H3,(H,14,15). The van der Waals surface area contributed by atoms with E-state index in [1.807, 2.05) is 6.92 Å². The summed E-state index contributed by atoms with van der Waals surface area (Å²) >= 11 is 3.21. The molecule has 16 heavy (non-hydrogen) atoms. The molecule has 0 radical (unpaired) electrons. The van der Waals surface area contributed by atoms with Gasteiger partial charge in [0.2, 0.25) is 5.67 Å². The summed E-state index contributed by atoms with van der Waals surface area (Å²) in [5, 5.41) is 8.74. The van der Waals surface area contributed by atoms with Crippen LogP contribution in [0.5, 0.6) is 5.75 Å². The third-order valence-electron chi connectivity index (χ3n) is 2.18. The number of alkyl halides is 1. The highest BCUT2D eigenvalue weighted by atomic mass is 79.9. The zero-order valence-corrected chi connectivity index (χ0v) is 10.5. The van der Waals surface area contributed by atoms with E-state index in [1.165, 1.54) is 12.1 Å². The Morgan fingerprint density at radius 2 is 2.25 bits per heavy atom. The second kappa shape index (κ2) is 4.82. The molecule has 0 amide bonds. The van der Waals surface area contributed by atoms with Crippen LogP contribution in [-0.2, 0) is 10.5 Å². The van der Waals surface area contributed by atoms with Gasteiger partial charge < -0.3 is 9.84 Å². The number of hydrogen-bond donors (Lipinski definition) is 1. The summed E-state index contributed by atoms with van der Waals surface area (Å²) in [6.07, 6.45) is 0. The van der Waals surface area contributed by atoms with Gasteiger partial charge in [-0.05, 0) is 41.9 Å². The quantitative estimate of drug-likeness (QED) is 0.927. The number of rotatable bonds is 4. The van der Waals surface area contributed by atoms with Gasteiger partial charge in [-0.15, -0.1) is 0 Å². The molecule has 0 spiro atoms. The Morgan fingerprint density at radius 3 is 2.69 bits per heavy atom. The van der Waals surface area contributed by atoms with Crippen molar-refractivity contribution in [3.05, 3.63) is 28.2 Å². The molecule has 1 atom stereocenters. The van der Waals surface area contributed by atoms with Crippen molar-refractivity contribution in [1.29, 1.82) is 0 Å². The molecule has 0 heterocycles. The van der Waals surface area contributed by atoms with Crippen molar-refractivity contribution in [3.8, 4) is 5.75 Å². The zero-order chi connectivity index (χ0) is 12.3. The van der Waals surface area contributed by atoms with E-state index in [4.69, 9.17) is 9.84 Å². The Morgan fingerprint density at radius 1 is 1.62 bits per heavy atom. The lowest BCUT2D eigenvalue weighted by molar-refractivity contribution is -0.150. The van der Waals surface area contributed by atoms with Crippen LogP contribution in [0.3, 0.4) is 0 Å². The topological polar surface area (TPSA) is 46.5 Å². The van der Waals surface area contributed by atoms with E-state index < -0.39 is 11.6 Å². The highest BCUT2D eigenvalue weighted by Gasteiger charge is 2.35. The third kappa shape index (κ3) is 2.52. The molecule has 0 aromatic heterocycles. The van der Waals surface area contributed by atoms with Gasteiger partial charge in [0.15, 0.2) is 0 Å². The fraction of sp³-hybridized carbons (Fsp3) is 0.364. The van der Waals surface area contributed by atoms with Gasteiger partial charge in [0.1, 0.15) is 5.75 Å². The first-order valence-corrected chi connectivity index (χ1v) is 5.54. The Kier molecular flexibility index (Phi) is 3.91. The van der Waals surface area contributed by atoms with Gasteiger partial charge in [-0.1, -0.05) is 6.07 Å². The second-order valence-electron chi connectivity index (χ2n) is 3.39. The molecule has 0 saturated carbocycles. The van der Waals surface area contributed by atoms with E-state index in [0.29, 0.717) is 16.8 Å². The molecule has 88 valence electrons. The second-order valence-corrected chi connectivity index (χ2v) is 4.24. The average Bonchev–Trinajstić information content (AvgIpc) is 2.21. The molecular weight excluding hydrogens is 279 g/mol. The SMILES string of the molecule is CCOc1ccc(C(C)(F)C(=O)O)cc1Br. The summed E-state index contributed by atoms with van der Waals surface area (Å²) in [5.41, 5.74) is -2.32. The lowest BCUT2D eigenvalue weighted by atomic mass is 9.98. The third-order valence-corrected chi connectivity index (χ3v) is 2.80. The molecule has 5 heteroatoms. The fourth-order valence-corrected chi connectivity index (χ4v) is 1.68. The highest BCUT2D eigenvalue weighted by molar-refractivity contribution is 9.10. The lowest BCUT2D eigenvalue weighted by Gasteiger charge is -2.16. The summed E-state index contributed by atoms with van der Waals surface area (Å²) in [7, 11) is 0. The van der Waals surface area contributed by atoms with Crippen LogP contribution in [0.15, 0.2) is 22.7 Å². The summed E-state index contributed by atoms with van der Waals surface area (Å²) in [6.45, 7) is 3.33. The first-order valence-electron chi connectivity index (χ1n) is 4.74. The maximum absolute atomic E-state index is 13.8. The summed E-state index contributed by atoms with van der Waals surface area (Å²) < 4.78 is 19.6. The first-order chi connectivity index (χ1) is 7.39. The number of halogens is 2. The average molecular weight is 291 g/mol.